The van der Waals surface area contributed by atoms with Gasteiger partial charge in [0.2, 0.25) is 5.88 Å². The van der Waals surface area contributed by atoms with E-state index in [0.717, 1.165) is 47.9 Å². The van der Waals surface area contributed by atoms with E-state index in [1.807, 2.05) is 36.4 Å². The number of likely N-dealkylation sites (tertiary alicyclic amines) is 1. The molecule has 2 atom stereocenters. The summed E-state index contributed by atoms with van der Waals surface area (Å²) in [6.45, 7) is 4.94. The van der Waals surface area contributed by atoms with Gasteiger partial charge in [0, 0.05) is 48.1 Å². The number of rotatable bonds is 9. The SMILES string of the molecule is COc1cccc2c(COc3cccc4[nH]c(OC(=O)NC5CCC(O)(CCN6CC[C@H](O)[C@@H](C)C6)CC5)cc34)coc12. The van der Waals surface area contributed by atoms with E-state index in [1.165, 1.54) is 0 Å². The van der Waals surface area contributed by atoms with E-state index in [1.54, 1.807) is 19.4 Å². The largest absolute Gasteiger partial charge is 0.493 e. The molecule has 43 heavy (non-hydrogen) atoms. The van der Waals surface area contributed by atoms with Crippen molar-refractivity contribution >= 4 is 28.0 Å². The molecule has 6 rings (SSSR count). The van der Waals surface area contributed by atoms with Gasteiger partial charge in [-0.25, -0.2) is 4.79 Å². The molecule has 0 spiro atoms. The molecule has 1 saturated carbocycles. The van der Waals surface area contributed by atoms with Gasteiger partial charge < -0.3 is 44.0 Å². The van der Waals surface area contributed by atoms with Crippen LogP contribution in [0.5, 0.6) is 17.4 Å². The lowest BCUT2D eigenvalue weighted by molar-refractivity contribution is -0.0271. The number of carbonyl (C=O) groups is 1. The molecule has 1 aliphatic heterocycles. The number of aliphatic hydroxyl groups excluding tert-OH is 1. The van der Waals surface area contributed by atoms with E-state index in [-0.39, 0.29) is 18.1 Å². The van der Waals surface area contributed by atoms with E-state index in [9.17, 15) is 15.0 Å². The number of nitrogens with zero attached hydrogens (tertiary/aromatic N) is 1. The third-order valence-corrected chi connectivity index (χ3v) is 9.12. The molecule has 1 amide bonds. The highest BCUT2D eigenvalue weighted by atomic mass is 16.6. The third-order valence-electron chi connectivity index (χ3n) is 9.12. The number of furan rings is 1. The Kier molecular flexibility index (Phi) is 8.52. The smallest absolute Gasteiger partial charge is 0.414 e. The predicted molar refractivity (Wildman–Crippen MR) is 163 cm³/mol. The summed E-state index contributed by atoms with van der Waals surface area (Å²) in [5.41, 5.74) is 1.66. The van der Waals surface area contributed by atoms with Gasteiger partial charge in [-0.3, -0.25) is 0 Å². The molecule has 3 heterocycles. The second-order valence-corrected chi connectivity index (χ2v) is 12.2. The summed E-state index contributed by atoms with van der Waals surface area (Å²) >= 11 is 0. The lowest BCUT2D eigenvalue weighted by atomic mass is 9.80. The summed E-state index contributed by atoms with van der Waals surface area (Å²) in [6, 6.07) is 13.1. The van der Waals surface area contributed by atoms with Gasteiger partial charge in [0.1, 0.15) is 12.4 Å². The summed E-state index contributed by atoms with van der Waals surface area (Å²) in [5.74, 6) is 1.92. The van der Waals surface area contributed by atoms with E-state index in [2.05, 4.69) is 22.1 Å². The molecule has 1 aliphatic carbocycles. The second kappa shape index (κ2) is 12.5. The number of fused-ring (bicyclic) bond motifs is 2. The molecule has 4 aromatic rings. The number of aliphatic hydroxyl groups is 2. The van der Waals surface area contributed by atoms with Crippen molar-refractivity contribution in [2.45, 2.75) is 69.8 Å². The number of ether oxygens (including phenoxy) is 3. The Hall–Kier alpha value is -3.73. The van der Waals surface area contributed by atoms with Crippen LogP contribution in [0.1, 0.15) is 51.0 Å². The van der Waals surface area contributed by atoms with Crippen molar-refractivity contribution in [2.24, 2.45) is 5.92 Å². The second-order valence-electron chi connectivity index (χ2n) is 12.2. The van der Waals surface area contributed by atoms with Crippen LogP contribution < -0.4 is 19.5 Å². The van der Waals surface area contributed by atoms with Crippen LogP contribution in [0.25, 0.3) is 21.9 Å². The minimum absolute atomic E-state index is 0.0513. The fourth-order valence-corrected chi connectivity index (χ4v) is 6.43. The molecular formula is C33H41N3O7. The van der Waals surface area contributed by atoms with Crippen LogP contribution >= 0.6 is 0 Å². The average molecular weight is 592 g/mol. The summed E-state index contributed by atoms with van der Waals surface area (Å²) in [5, 5.41) is 25.8. The maximum absolute atomic E-state index is 12.8. The standard InChI is InChI=1S/C33H41N3O7/c1-21-18-36(15-11-27(21)37)16-14-33(39)12-9-23(10-13-33)34-32(38)43-30-17-25-26(35-30)6-4-7-28(25)41-19-22-20-42-31-24(22)5-3-8-29(31)40-2/h3-8,17,20-21,23,27,35,37,39H,9-16,18-19H2,1-2H3,(H,34,38)/t21-,23?,27-,33?/m0/s1. The number of piperidine rings is 1. The zero-order chi connectivity index (χ0) is 30.0. The summed E-state index contributed by atoms with van der Waals surface area (Å²) in [4.78, 5) is 18.2. The van der Waals surface area contributed by atoms with E-state index < -0.39 is 11.7 Å². The number of benzene rings is 2. The maximum atomic E-state index is 12.8. The Labute approximate surface area is 250 Å². The summed E-state index contributed by atoms with van der Waals surface area (Å²) in [6.07, 6.45) is 5.08. The Morgan fingerprint density at radius 2 is 1.93 bits per heavy atom. The molecule has 4 N–H and O–H groups in total. The lowest BCUT2D eigenvalue weighted by Crippen LogP contribution is -2.47. The van der Waals surface area contributed by atoms with Crippen LogP contribution in [0.4, 0.5) is 4.79 Å². The zero-order valence-corrected chi connectivity index (χ0v) is 24.8. The van der Waals surface area contributed by atoms with Gasteiger partial charge in [-0.2, -0.15) is 0 Å². The molecule has 2 aromatic carbocycles. The number of H-pyrrole nitrogens is 1. The van der Waals surface area contributed by atoms with Crippen LogP contribution in [-0.2, 0) is 6.61 Å². The number of carbonyl (C=O) groups excluding carboxylic acids is 1. The van der Waals surface area contributed by atoms with Gasteiger partial charge in [-0.1, -0.05) is 25.1 Å². The fraction of sp³-hybridized carbons (Fsp3) is 0.485. The summed E-state index contributed by atoms with van der Waals surface area (Å²) < 4.78 is 22.9. The predicted octanol–water partition coefficient (Wildman–Crippen LogP) is 5.36. The van der Waals surface area contributed by atoms with Gasteiger partial charge in [0.15, 0.2) is 11.3 Å². The Morgan fingerprint density at radius 3 is 2.72 bits per heavy atom. The van der Waals surface area contributed by atoms with Crippen LogP contribution in [0.15, 0.2) is 53.1 Å². The first-order valence-electron chi connectivity index (χ1n) is 15.2. The van der Waals surface area contributed by atoms with Gasteiger partial charge in [0.25, 0.3) is 0 Å². The Morgan fingerprint density at radius 1 is 1.14 bits per heavy atom. The van der Waals surface area contributed by atoms with E-state index in [4.69, 9.17) is 18.6 Å². The normalized spacial score (nSPS) is 24.7. The minimum atomic E-state index is -0.718. The number of hydrogen-bond acceptors (Lipinski definition) is 8. The van der Waals surface area contributed by atoms with Crippen LogP contribution in [0.2, 0.25) is 0 Å². The molecule has 2 fully saturated rings. The molecule has 230 valence electrons. The molecular weight excluding hydrogens is 550 g/mol. The quantitative estimate of drug-likeness (QED) is 0.205. The van der Waals surface area contributed by atoms with Crippen molar-refractivity contribution in [2.75, 3.05) is 26.7 Å². The van der Waals surface area contributed by atoms with Crippen molar-refractivity contribution in [3.8, 4) is 17.4 Å². The molecule has 10 nitrogen and oxygen atoms in total. The van der Waals surface area contributed by atoms with Crippen LogP contribution in [0, 0.1) is 5.92 Å². The lowest BCUT2D eigenvalue weighted by Gasteiger charge is -2.39. The highest BCUT2D eigenvalue weighted by Crippen LogP contribution is 2.34. The average Bonchev–Trinajstić information content (AvgIpc) is 3.62. The highest BCUT2D eigenvalue weighted by molar-refractivity contribution is 5.89. The molecule has 2 aromatic heterocycles. The molecule has 0 bridgehead atoms. The molecule has 2 aliphatic rings. The fourth-order valence-electron chi connectivity index (χ4n) is 6.43. The van der Waals surface area contributed by atoms with Crippen LogP contribution in [0.3, 0.4) is 0 Å². The topological polar surface area (TPSA) is 129 Å². The van der Waals surface area contributed by atoms with Gasteiger partial charge in [-0.15, -0.1) is 0 Å². The Balaban J connectivity index is 1.00. The number of hydrogen-bond donors (Lipinski definition) is 4. The first kappa shape index (κ1) is 29.3. The van der Waals surface area contributed by atoms with E-state index >= 15 is 0 Å². The van der Waals surface area contributed by atoms with Gasteiger partial charge in [-0.05, 0) is 62.6 Å². The minimum Gasteiger partial charge on any atom is -0.493 e. The zero-order valence-electron chi connectivity index (χ0n) is 24.8. The van der Waals surface area contributed by atoms with Crippen molar-refractivity contribution in [3.63, 3.8) is 0 Å². The van der Waals surface area contributed by atoms with E-state index in [0.29, 0.717) is 61.7 Å². The van der Waals surface area contributed by atoms with Crippen molar-refractivity contribution in [1.29, 1.82) is 0 Å². The number of nitrogens with one attached hydrogen (secondary N) is 2. The first-order chi connectivity index (χ1) is 20.8. The molecule has 0 unspecified atom stereocenters. The third kappa shape index (κ3) is 6.61. The van der Waals surface area contributed by atoms with Crippen LogP contribution in [-0.4, -0.2) is 70.7 Å². The van der Waals surface area contributed by atoms with Gasteiger partial charge in [0.05, 0.1) is 30.6 Å². The number of aromatic nitrogens is 1. The molecule has 10 heteroatoms. The maximum Gasteiger partial charge on any atom is 0.414 e. The number of aromatic amines is 1. The van der Waals surface area contributed by atoms with Gasteiger partial charge >= 0.3 is 6.09 Å². The first-order valence-corrected chi connectivity index (χ1v) is 15.2. The Bertz CT molecular complexity index is 1550. The monoisotopic (exact) mass is 591 g/mol. The summed E-state index contributed by atoms with van der Waals surface area (Å²) in [7, 11) is 1.61. The number of methoxy groups -OCH3 is 1. The van der Waals surface area contributed by atoms with Crippen molar-refractivity contribution in [1.82, 2.24) is 15.2 Å². The highest BCUT2D eigenvalue weighted by Gasteiger charge is 2.35. The van der Waals surface area contributed by atoms with Crippen molar-refractivity contribution in [3.05, 3.63) is 54.3 Å². The number of amides is 1. The molecule has 0 radical (unpaired) electrons. The van der Waals surface area contributed by atoms with Crippen molar-refractivity contribution < 1.29 is 33.6 Å². The molecule has 1 saturated heterocycles. The number of para-hydroxylation sites is 1.